The largest absolute Gasteiger partial charge is 0.122 e. The number of hydrogen-bond acceptors (Lipinski definition) is 0. The molecule has 0 radical (unpaired) electrons. The second kappa shape index (κ2) is 11.5. The molecular formula is C31H41ClP2+2. The predicted molar refractivity (Wildman–Crippen MR) is 161 cm³/mol. The molecule has 0 N–H and O–H groups in total. The zero-order valence-corrected chi connectivity index (χ0v) is 24.3. The molecule has 0 aliphatic carbocycles. The highest BCUT2D eigenvalue weighted by molar-refractivity contribution is 7.82. The van der Waals surface area contributed by atoms with Crippen molar-refractivity contribution in [2.24, 2.45) is 0 Å². The average Bonchev–Trinajstić information content (AvgIpc) is 2.84. The van der Waals surface area contributed by atoms with Crippen LogP contribution < -0.4 is 10.6 Å². The molecule has 0 amide bonds. The van der Waals surface area contributed by atoms with Gasteiger partial charge in [0, 0.05) is 26.4 Å². The molecule has 3 aromatic carbocycles. The van der Waals surface area contributed by atoms with Crippen molar-refractivity contribution in [3.05, 3.63) is 108 Å². The lowest BCUT2D eigenvalue weighted by Gasteiger charge is -2.32. The van der Waals surface area contributed by atoms with Crippen LogP contribution in [0.5, 0.6) is 0 Å². The zero-order valence-electron chi connectivity index (χ0n) is 21.7. The molecule has 0 heterocycles. The normalized spacial score (nSPS) is 14.1. The van der Waals surface area contributed by atoms with Crippen LogP contribution in [0.4, 0.5) is 0 Å². The molecule has 3 rings (SSSR count). The van der Waals surface area contributed by atoms with Crippen molar-refractivity contribution in [3.63, 3.8) is 0 Å². The minimum atomic E-state index is -1.48. The smallest absolute Gasteiger partial charge is 0.108 e. The molecule has 1 unspecified atom stereocenters. The fraction of sp³-hybridized carbons (Fsp3) is 0.355. The zero-order chi connectivity index (χ0) is 24.8. The van der Waals surface area contributed by atoms with Crippen LogP contribution in [0.2, 0.25) is 0 Å². The third-order valence-electron chi connectivity index (χ3n) is 7.25. The highest BCUT2D eigenvalue weighted by Crippen LogP contribution is 2.59. The number of benzene rings is 3. The van der Waals surface area contributed by atoms with Crippen molar-refractivity contribution in [3.8, 4) is 0 Å². The lowest BCUT2D eigenvalue weighted by Crippen LogP contribution is -2.28. The standard InChI is InChI=1S/C31H41ClP2/c1-31(2,27-16-10-7-11-17-27)24-26(22-23-33(3,4)28-18-12-8-13-19-28)30(25-32)34(5,6)29-20-14-9-15-21-29/h7-21,24,30H,22-23,25H2,1-6H3/q+2/b26-24-. The number of hydrogen-bond donors (Lipinski definition) is 0. The van der Waals surface area contributed by atoms with E-state index in [0.717, 1.165) is 6.42 Å². The molecule has 0 bridgehead atoms. The predicted octanol–water partition coefficient (Wildman–Crippen LogP) is 8.09. The summed E-state index contributed by atoms with van der Waals surface area (Å²) in [5, 5.41) is 2.97. The summed E-state index contributed by atoms with van der Waals surface area (Å²) in [6, 6.07) is 33.0. The van der Waals surface area contributed by atoms with Gasteiger partial charge in [-0.05, 0) is 35.4 Å². The van der Waals surface area contributed by atoms with E-state index in [0.29, 0.717) is 11.5 Å². The summed E-state index contributed by atoms with van der Waals surface area (Å²) < 4.78 is 0. The van der Waals surface area contributed by atoms with E-state index < -0.39 is 14.5 Å². The highest BCUT2D eigenvalue weighted by atomic mass is 35.5. The number of halogens is 1. The summed E-state index contributed by atoms with van der Waals surface area (Å²) in [6.45, 7) is 14.6. The van der Waals surface area contributed by atoms with E-state index in [-0.39, 0.29) is 5.41 Å². The third kappa shape index (κ3) is 6.61. The monoisotopic (exact) mass is 510 g/mol. The van der Waals surface area contributed by atoms with Crippen molar-refractivity contribution in [1.29, 1.82) is 0 Å². The van der Waals surface area contributed by atoms with Gasteiger partial charge in [-0.2, -0.15) is 0 Å². The molecule has 0 spiro atoms. The van der Waals surface area contributed by atoms with Crippen molar-refractivity contribution >= 4 is 36.7 Å². The van der Waals surface area contributed by atoms with E-state index in [2.05, 4.69) is 138 Å². The quantitative estimate of drug-likeness (QED) is 0.147. The first-order valence-electron chi connectivity index (χ1n) is 12.2. The van der Waals surface area contributed by atoms with Crippen LogP contribution >= 0.6 is 26.1 Å². The Kier molecular flexibility index (Phi) is 9.20. The topological polar surface area (TPSA) is 0 Å². The Morgan fingerprint density at radius 2 is 1.24 bits per heavy atom. The van der Waals surface area contributed by atoms with Gasteiger partial charge in [0.25, 0.3) is 0 Å². The maximum absolute atomic E-state index is 6.83. The van der Waals surface area contributed by atoms with Gasteiger partial charge in [0.05, 0.1) is 49.3 Å². The Balaban J connectivity index is 2.02. The Labute approximate surface area is 214 Å². The molecule has 180 valence electrons. The Morgan fingerprint density at radius 3 is 1.74 bits per heavy atom. The van der Waals surface area contributed by atoms with Crippen molar-refractivity contribution in [2.75, 3.05) is 38.7 Å². The molecular weight excluding hydrogens is 470 g/mol. The van der Waals surface area contributed by atoms with E-state index in [9.17, 15) is 0 Å². The summed E-state index contributed by atoms with van der Waals surface area (Å²) in [5.74, 6) is 0.663. The van der Waals surface area contributed by atoms with Gasteiger partial charge in [-0.25, -0.2) is 0 Å². The van der Waals surface area contributed by atoms with Crippen LogP contribution in [0.25, 0.3) is 0 Å². The van der Waals surface area contributed by atoms with E-state index in [1.807, 2.05) is 0 Å². The van der Waals surface area contributed by atoms with Crippen LogP contribution in [0.15, 0.2) is 103 Å². The Bertz CT molecular complexity index is 1050. The van der Waals surface area contributed by atoms with Crippen molar-refractivity contribution in [2.45, 2.75) is 31.3 Å². The SMILES string of the molecule is CC(C)(/C=C(/CC[P+](C)(C)c1ccccc1)C(CCl)[P+](C)(C)c1ccccc1)c1ccccc1. The molecule has 0 nitrogen and oxygen atoms in total. The van der Waals surface area contributed by atoms with Gasteiger partial charge in [-0.1, -0.05) is 86.7 Å². The second-order valence-corrected chi connectivity index (χ2v) is 19.7. The van der Waals surface area contributed by atoms with Gasteiger partial charge in [-0.15, -0.1) is 11.6 Å². The molecule has 3 aromatic rings. The van der Waals surface area contributed by atoms with Gasteiger partial charge in [0.2, 0.25) is 0 Å². The van der Waals surface area contributed by atoms with Crippen LogP contribution in [0.3, 0.4) is 0 Å². The van der Waals surface area contributed by atoms with Crippen molar-refractivity contribution in [1.82, 2.24) is 0 Å². The van der Waals surface area contributed by atoms with E-state index in [1.165, 1.54) is 27.9 Å². The lowest BCUT2D eigenvalue weighted by molar-refractivity contribution is 0.657. The first-order chi connectivity index (χ1) is 16.1. The molecule has 0 aromatic heterocycles. The van der Waals surface area contributed by atoms with Gasteiger partial charge in [-0.3, -0.25) is 0 Å². The molecule has 0 aliphatic rings. The summed E-state index contributed by atoms with van der Waals surface area (Å²) >= 11 is 6.83. The van der Waals surface area contributed by atoms with E-state index >= 15 is 0 Å². The minimum Gasteiger partial charge on any atom is -0.122 e. The van der Waals surface area contributed by atoms with Gasteiger partial charge < -0.3 is 0 Å². The number of allylic oxidation sites excluding steroid dienone is 2. The Morgan fingerprint density at radius 1 is 0.765 bits per heavy atom. The average molecular weight is 511 g/mol. The summed E-state index contributed by atoms with van der Waals surface area (Å²) in [7, 11) is -2.71. The molecule has 0 fully saturated rings. The first kappa shape index (κ1) is 27.1. The Hall–Kier alpha value is -1.45. The molecule has 1 atom stereocenters. The number of rotatable bonds is 10. The molecule has 3 heteroatoms. The van der Waals surface area contributed by atoms with E-state index in [1.54, 1.807) is 0 Å². The minimum absolute atomic E-state index is 0.0487. The fourth-order valence-electron chi connectivity index (χ4n) is 4.80. The lowest BCUT2D eigenvalue weighted by atomic mass is 9.82. The summed E-state index contributed by atoms with van der Waals surface area (Å²) in [6.07, 6.45) is 4.86. The van der Waals surface area contributed by atoms with Crippen LogP contribution in [-0.2, 0) is 5.41 Å². The molecule has 0 aliphatic heterocycles. The van der Waals surface area contributed by atoms with Gasteiger partial charge in [0.15, 0.2) is 0 Å². The fourth-order valence-corrected chi connectivity index (χ4v) is 10.8. The molecule has 34 heavy (non-hydrogen) atoms. The first-order valence-corrected chi connectivity index (χ1v) is 18.3. The van der Waals surface area contributed by atoms with E-state index in [4.69, 9.17) is 11.6 Å². The second-order valence-electron chi connectivity index (χ2n) is 10.8. The molecule has 0 saturated carbocycles. The molecule has 0 saturated heterocycles. The van der Waals surface area contributed by atoms with Crippen LogP contribution in [0.1, 0.15) is 25.8 Å². The summed E-state index contributed by atoms with van der Waals surface area (Å²) in [4.78, 5) is 0. The maximum Gasteiger partial charge on any atom is 0.108 e. The van der Waals surface area contributed by atoms with Crippen LogP contribution in [-0.4, -0.2) is 44.4 Å². The van der Waals surface area contributed by atoms with Crippen molar-refractivity contribution < 1.29 is 0 Å². The van der Waals surface area contributed by atoms with Crippen LogP contribution in [0, 0.1) is 0 Å². The van der Waals surface area contributed by atoms with Gasteiger partial charge >= 0.3 is 0 Å². The van der Waals surface area contributed by atoms with Gasteiger partial charge in [0.1, 0.15) is 5.66 Å². The third-order valence-corrected chi connectivity index (χ3v) is 14.5. The maximum atomic E-state index is 6.83. The number of alkyl halides is 1. The summed E-state index contributed by atoms with van der Waals surface area (Å²) in [5.41, 5.74) is 3.21. The highest BCUT2D eigenvalue weighted by Gasteiger charge is 2.42.